The zero-order valence-corrected chi connectivity index (χ0v) is 11.2. The molecule has 0 spiro atoms. The third kappa shape index (κ3) is 2.84. The lowest BCUT2D eigenvalue weighted by Crippen LogP contribution is -2.34. The Morgan fingerprint density at radius 1 is 1.53 bits per heavy atom. The van der Waals surface area contributed by atoms with Gasteiger partial charge in [0.1, 0.15) is 0 Å². The number of aryl methyl sites for hydroxylation is 1. The molecule has 19 heavy (non-hydrogen) atoms. The smallest absolute Gasteiger partial charge is 0.226 e. The van der Waals surface area contributed by atoms with Crippen LogP contribution in [-0.4, -0.2) is 38.3 Å². The van der Waals surface area contributed by atoms with E-state index in [0.717, 1.165) is 37.8 Å². The fourth-order valence-corrected chi connectivity index (χ4v) is 2.64. The van der Waals surface area contributed by atoms with Gasteiger partial charge in [0.05, 0.1) is 6.54 Å². The van der Waals surface area contributed by atoms with Crippen molar-refractivity contribution in [2.45, 2.75) is 38.6 Å². The van der Waals surface area contributed by atoms with Gasteiger partial charge in [-0.25, -0.2) is 0 Å². The molecule has 1 aliphatic heterocycles. The highest BCUT2D eigenvalue weighted by Gasteiger charge is 2.23. The third-order valence-electron chi connectivity index (χ3n) is 3.65. The minimum Gasteiger partial charge on any atom is -0.339 e. The van der Waals surface area contributed by atoms with Crippen LogP contribution in [0.5, 0.6) is 0 Å². The van der Waals surface area contributed by atoms with Gasteiger partial charge in [0.15, 0.2) is 5.82 Å². The molecule has 0 aliphatic carbocycles. The second-order valence-electron chi connectivity index (χ2n) is 5.04. The number of nitrogens with zero attached hydrogens (tertiary/aromatic N) is 4. The summed E-state index contributed by atoms with van der Waals surface area (Å²) in [7, 11) is 0. The largest absolute Gasteiger partial charge is 0.339 e. The highest BCUT2D eigenvalue weighted by atomic mass is 16.5. The second kappa shape index (κ2) is 5.52. The van der Waals surface area contributed by atoms with Crippen LogP contribution in [-0.2, 0) is 13.0 Å². The average Bonchev–Trinajstić information content (AvgIpc) is 3.10. The summed E-state index contributed by atoms with van der Waals surface area (Å²) in [6.07, 6.45) is 5.03. The minimum atomic E-state index is 0.536. The molecule has 2 aromatic heterocycles. The molecular weight excluding hydrogens is 242 g/mol. The average molecular weight is 261 g/mol. The molecule has 1 fully saturated rings. The SMILES string of the molecule is CCc1nc(CN2CCCC(c3ccn[nH]3)C2)no1. The number of H-pyrrole nitrogens is 1. The summed E-state index contributed by atoms with van der Waals surface area (Å²) >= 11 is 0. The van der Waals surface area contributed by atoms with Gasteiger partial charge in [0.2, 0.25) is 5.89 Å². The van der Waals surface area contributed by atoms with E-state index in [1.165, 1.54) is 18.5 Å². The van der Waals surface area contributed by atoms with Gasteiger partial charge < -0.3 is 4.52 Å². The van der Waals surface area contributed by atoms with E-state index in [0.29, 0.717) is 5.92 Å². The van der Waals surface area contributed by atoms with Gasteiger partial charge in [-0.2, -0.15) is 10.1 Å². The number of hydrogen-bond donors (Lipinski definition) is 1. The van der Waals surface area contributed by atoms with E-state index in [9.17, 15) is 0 Å². The van der Waals surface area contributed by atoms with Gasteiger partial charge in [-0.1, -0.05) is 12.1 Å². The van der Waals surface area contributed by atoms with Crippen molar-refractivity contribution in [3.63, 3.8) is 0 Å². The summed E-state index contributed by atoms with van der Waals surface area (Å²) < 4.78 is 5.15. The molecule has 0 bridgehead atoms. The first-order valence-electron chi connectivity index (χ1n) is 6.88. The topological polar surface area (TPSA) is 70.8 Å². The van der Waals surface area contributed by atoms with Crippen LogP contribution in [0, 0.1) is 0 Å². The van der Waals surface area contributed by atoms with Crippen molar-refractivity contribution >= 4 is 0 Å². The van der Waals surface area contributed by atoms with Crippen LogP contribution in [0.15, 0.2) is 16.8 Å². The molecule has 0 amide bonds. The van der Waals surface area contributed by atoms with Crippen molar-refractivity contribution in [3.05, 3.63) is 29.7 Å². The van der Waals surface area contributed by atoms with E-state index in [2.05, 4.69) is 31.3 Å². The maximum absolute atomic E-state index is 5.15. The Kier molecular flexibility index (Phi) is 3.59. The lowest BCUT2D eigenvalue weighted by Gasteiger charge is -2.31. The summed E-state index contributed by atoms with van der Waals surface area (Å²) in [6, 6.07) is 2.07. The Hall–Kier alpha value is -1.69. The van der Waals surface area contributed by atoms with E-state index in [1.54, 1.807) is 0 Å². The molecule has 0 saturated carbocycles. The number of aromatic nitrogens is 4. The van der Waals surface area contributed by atoms with E-state index >= 15 is 0 Å². The maximum atomic E-state index is 5.15. The molecule has 3 heterocycles. The van der Waals surface area contributed by atoms with Crippen LogP contribution in [0.4, 0.5) is 0 Å². The van der Waals surface area contributed by atoms with Gasteiger partial charge >= 0.3 is 0 Å². The Bertz CT molecular complexity index is 507. The summed E-state index contributed by atoms with van der Waals surface area (Å²) in [5.41, 5.74) is 1.23. The van der Waals surface area contributed by atoms with Crippen molar-refractivity contribution in [1.82, 2.24) is 25.2 Å². The summed E-state index contributed by atoms with van der Waals surface area (Å²) in [4.78, 5) is 6.76. The zero-order chi connectivity index (χ0) is 13.1. The second-order valence-corrected chi connectivity index (χ2v) is 5.04. The van der Waals surface area contributed by atoms with Gasteiger partial charge in [0.25, 0.3) is 0 Å². The zero-order valence-electron chi connectivity index (χ0n) is 11.2. The van der Waals surface area contributed by atoms with Crippen molar-refractivity contribution < 1.29 is 4.52 Å². The molecule has 0 aromatic carbocycles. The highest BCUT2D eigenvalue weighted by molar-refractivity contribution is 5.07. The summed E-state index contributed by atoms with van der Waals surface area (Å²) in [6.45, 7) is 4.92. The van der Waals surface area contributed by atoms with Gasteiger partial charge in [-0.05, 0) is 25.5 Å². The standard InChI is InChI=1S/C13H19N5O/c1-2-13-15-12(17-19-13)9-18-7-3-4-10(8-18)11-5-6-14-16-11/h5-6,10H,2-4,7-9H2,1H3,(H,14,16). The van der Waals surface area contributed by atoms with E-state index < -0.39 is 0 Å². The molecule has 3 rings (SSSR count). The molecule has 1 N–H and O–H groups in total. The molecule has 2 aromatic rings. The molecular formula is C13H19N5O. The fourth-order valence-electron chi connectivity index (χ4n) is 2.64. The number of rotatable bonds is 4. The molecule has 1 aliphatic rings. The van der Waals surface area contributed by atoms with Crippen molar-refractivity contribution in [2.24, 2.45) is 0 Å². The van der Waals surface area contributed by atoms with Crippen LogP contribution in [0.25, 0.3) is 0 Å². The number of piperidine rings is 1. The quantitative estimate of drug-likeness (QED) is 0.907. The Balaban J connectivity index is 1.62. The Morgan fingerprint density at radius 2 is 2.47 bits per heavy atom. The molecule has 6 heteroatoms. The maximum Gasteiger partial charge on any atom is 0.226 e. The first-order valence-corrected chi connectivity index (χ1v) is 6.88. The fraction of sp³-hybridized carbons (Fsp3) is 0.615. The number of aromatic amines is 1. The number of hydrogen-bond acceptors (Lipinski definition) is 5. The predicted octanol–water partition coefficient (Wildman–Crippen LogP) is 1.73. The van der Waals surface area contributed by atoms with Crippen LogP contribution in [0.1, 0.15) is 43.1 Å². The molecule has 102 valence electrons. The van der Waals surface area contributed by atoms with Crippen LogP contribution in [0.2, 0.25) is 0 Å². The number of nitrogens with one attached hydrogen (secondary N) is 1. The molecule has 1 unspecified atom stereocenters. The van der Waals surface area contributed by atoms with Crippen molar-refractivity contribution in [3.8, 4) is 0 Å². The Labute approximate surface area is 112 Å². The van der Waals surface area contributed by atoms with Crippen LogP contribution >= 0.6 is 0 Å². The van der Waals surface area contributed by atoms with Gasteiger partial charge in [-0.15, -0.1) is 0 Å². The van der Waals surface area contributed by atoms with E-state index in [-0.39, 0.29) is 0 Å². The van der Waals surface area contributed by atoms with Crippen molar-refractivity contribution in [2.75, 3.05) is 13.1 Å². The molecule has 1 atom stereocenters. The lowest BCUT2D eigenvalue weighted by atomic mass is 9.95. The first kappa shape index (κ1) is 12.3. The summed E-state index contributed by atoms with van der Waals surface area (Å²) in [5, 5.41) is 11.1. The summed E-state index contributed by atoms with van der Waals surface area (Å²) in [5.74, 6) is 2.05. The number of likely N-dealkylation sites (tertiary alicyclic amines) is 1. The van der Waals surface area contributed by atoms with Gasteiger partial charge in [-0.3, -0.25) is 10.00 Å². The van der Waals surface area contributed by atoms with Crippen molar-refractivity contribution in [1.29, 1.82) is 0 Å². The monoisotopic (exact) mass is 261 g/mol. The Morgan fingerprint density at radius 3 is 3.21 bits per heavy atom. The van der Waals surface area contributed by atoms with Crippen LogP contribution in [0.3, 0.4) is 0 Å². The van der Waals surface area contributed by atoms with E-state index in [1.807, 2.05) is 13.1 Å². The molecule has 6 nitrogen and oxygen atoms in total. The highest BCUT2D eigenvalue weighted by Crippen LogP contribution is 2.25. The van der Waals surface area contributed by atoms with Gasteiger partial charge in [0, 0.05) is 30.8 Å². The normalized spacial score (nSPS) is 20.8. The van der Waals surface area contributed by atoms with Crippen LogP contribution < -0.4 is 0 Å². The molecule has 0 radical (unpaired) electrons. The lowest BCUT2D eigenvalue weighted by molar-refractivity contribution is 0.192. The minimum absolute atomic E-state index is 0.536. The third-order valence-corrected chi connectivity index (χ3v) is 3.65. The first-order chi connectivity index (χ1) is 9.35. The predicted molar refractivity (Wildman–Crippen MR) is 69.5 cm³/mol. The molecule has 1 saturated heterocycles. The van der Waals surface area contributed by atoms with E-state index in [4.69, 9.17) is 4.52 Å².